The third-order valence-corrected chi connectivity index (χ3v) is 1.98. The van der Waals surface area contributed by atoms with E-state index in [9.17, 15) is 5.11 Å². The van der Waals surface area contributed by atoms with Crippen LogP contribution < -0.4 is 10.6 Å². The lowest BCUT2D eigenvalue weighted by atomic mass is 10.2. The molecule has 0 aliphatic rings. The van der Waals surface area contributed by atoms with Gasteiger partial charge >= 0.3 is 0 Å². The van der Waals surface area contributed by atoms with Crippen LogP contribution in [-0.2, 0) is 0 Å². The van der Waals surface area contributed by atoms with Crippen LogP contribution in [0.25, 0.3) is 4.85 Å². The average molecular weight is 205 g/mol. The fraction of sp³-hybridized carbons (Fsp3) is 0.364. The molecular formula is C11H15N3O. The minimum absolute atomic E-state index is 0.407. The Morgan fingerprint density at radius 3 is 2.53 bits per heavy atom. The first-order valence-electron chi connectivity index (χ1n) is 4.80. The highest BCUT2D eigenvalue weighted by atomic mass is 16.3. The van der Waals surface area contributed by atoms with Gasteiger partial charge in [0.2, 0.25) is 0 Å². The molecule has 1 rings (SSSR count). The number of hydrogen-bond donors (Lipinski definition) is 3. The Kier molecular flexibility index (Phi) is 4.61. The second-order valence-electron chi connectivity index (χ2n) is 3.25. The molecule has 0 amide bonds. The highest BCUT2D eigenvalue weighted by Gasteiger charge is 2.01. The largest absolute Gasteiger partial charge is 0.390 e. The van der Waals surface area contributed by atoms with Crippen LogP contribution in [0.4, 0.5) is 11.4 Å². The molecule has 0 spiro atoms. The number of hydrogen-bond acceptors (Lipinski definition) is 3. The molecule has 0 heterocycles. The zero-order valence-corrected chi connectivity index (χ0v) is 8.70. The maximum atomic E-state index is 9.44. The van der Waals surface area contributed by atoms with Gasteiger partial charge in [-0.05, 0) is 19.2 Å². The van der Waals surface area contributed by atoms with Crippen molar-refractivity contribution >= 4 is 11.4 Å². The van der Waals surface area contributed by atoms with Gasteiger partial charge in [-0.2, -0.15) is 0 Å². The van der Waals surface area contributed by atoms with Gasteiger partial charge in [0.05, 0.1) is 12.7 Å². The van der Waals surface area contributed by atoms with E-state index in [1.165, 1.54) is 0 Å². The molecule has 0 saturated carbocycles. The molecule has 0 unspecified atom stereocenters. The SMILES string of the molecule is [C-]#[N+]c1ccc(NC[C@@H](O)CNC)cc1. The number of likely N-dealkylation sites (N-methyl/N-ethyl adjacent to an activating group) is 1. The average Bonchev–Trinajstić information content (AvgIpc) is 2.27. The summed E-state index contributed by atoms with van der Waals surface area (Å²) < 4.78 is 0. The van der Waals surface area contributed by atoms with Crippen LogP contribution in [0.1, 0.15) is 0 Å². The topological polar surface area (TPSA) is 48.7 Å². The number of aliphatic hydroxyl groups is 1. The van der Waals surface area contributed by atoms with Crippen molar-refractivity contribution in [3.05, 3.63) is 35.7 Å². The molecule has 0 aliphatic heterocycles. The number of benzene rings is 1. The van der Waals surface area contributed by atoms with E-state index in [0.29, 0.717) is 18.8 Å². The van der Waals surface area contributed by atoms with Crippen LogP contribution in [0.2, 0.25) is 0 Å². The Balaban J connectivity index is 2.41. The van der Waals surface area contributed by atoms with Crippen molar-refractivity contribution in [3.8, 4) is 0 Å². The van der Waals surface area contributed by atoms with Gasteiger partial charge in [-0.1, -0.05) is 12.1 Å². The quantitative estimate of drug-likeness (QED) is 0.634. The van der Waals surface area contributed by atoms with Crippen LogP contribution >= 0.6 is 0 Å². The Hall–Kier alpha value is -1.57. The third kappa shape index (κ3) is 3.98. The summed E-state index contributed by atoms with van der Waals surface area (Å²) in [6.07, 6.45) is -0.407. The van der Waals surface area contributed by atoms with E-state index in [1.807, 2.05) is 12.1 Å². The zero-order valence-electron chi connectivity index (χ0n) is 8.70. The second-order valence-corrected chi connectivity index (χ2v) is 3.25. The summed E-state index contributed by atoms with van der Waals surface area (Å²) in [5, 5.41) is 15.4. The number of rotatable bonds is 5. The van der Waals surface area contributed by atoms with Gasteiger partial charge in [0, 0.05) is 18.8 Å². The molecule has 0 saturated heterocycles. The van der Waals surface area contributed by atoms with E-state index < -0.39 is 6.10 Å². The van der Waals surface area contributed by atoms with Crippen molar-refractivity contribution in [3.63, 3.8) is 0 Å². The standard InChI is InChI=1S/C11H15N3O/c1-12-7-11(15)8-14-10-5-3-9(13-2)4-6-10/h3-6,11-12,14-15H,7-8H2,1H3/t11-/m0/s1. The summed E-state index contributed by atoms with van der Waals surface area (Å²) in [6, 6.07) is 7.17. The molecule has 0 fully saturated rings. The van der Waals surface area contributed by atoms with Crippen molar-refractivity contribution < 1.29 is 5.11 Å². The van der Waals surface area contributed by atoms with E-state index in [2.05, 4.69) is 15.5 Å². The van der Waals surface area contributed by atoms with E-state index in [1.54, 1.807) is 19.2 Å². The van der Waals surface area contributed by atoms with Crippen molar-refractivity contribution in [2.24, 2.45) is 0 Å². The molecule has 4 nitrogen and oxygen atoms in total. The summed E-state index contributed by atoms with van der Waals surface area (Å²) >= 11 is 0. The van der Waals surface area contributed by atoms with Crippen molar-refractivity contribution in [1.82, 2.24) is 5.32 Å². The molecule has 0 radical (unpaired) electrons. The molecule has 4 heteroatoms. The first-order chi connectivity index (χ1) is 7.26. The van der Waals surface area contributed by atoms with E-state index in [-0.39, 0.29) is 0 Å². The summed E-state index contributed by atoms with van der Waals surface area (Å²) in [6.45, 7) is 7.86. The number of anilines is 1. The Labute approximate surface area is 89.8 Å². The minimum atomic E-state index is -0.407. The van der Waals surface area contributed by atoms with Gasteiger partial charge in [-0.15, -0.1) is 0 Å². The molecule has 1 aromatic carbocycles. The van der Waals surface area contributed by atoms with Crippen LogP contribution in [0.15, 0.2) is 24.3 Å². The summed E-state index contributed by atoms with van der Waals surface area (Å²) in [5.74, 6) is 0. The molecule has 0 aliphatic carbocycles. The van der Waals surface area contributed by atoms with Crippen molar-refractivity contribution in [2.75, 3.05) is 25.5 Å². The zero-order chi connectivity index (χ0) is 11.1. The molecule has 1 aromatic rings. The van der Waals surface area contributed by atoms with Gasteiger partial charge in [0.1, 0.15) is 0 Å². The number of aliphatic hydroxyl groups excluding tert-OH is 1. The smallest absolute Gasteiger partial charge is 0.187 e. The first-order valence-corrected chi connectivity index (χ1v) is 4.80. The molecule has 0 bridgehead atoms. The lowest BCUT2D eigenvalue weighted by molar-refractivity contribution is 0.187. The highest BCUT2D eigenvalue weighted by molar-refractivity contribution is 5.54. The van der Waals surface area contributed by atoms with Gasteiger partial charge in [-0.25, -0.2) is 4.85 Å². The summed E-state index contributed by atoms with van der Waals surface area (Å²) in [7, 11) is 1.80. The molecule has 0 aromatic heterocycles. The van der Waals surface area contributed by atoms with E-state index >= 15 is 0 Å². The number of nitrogens with zero attached hydrogens (tertiary/aromatic N) is 1. The normalized spacial score (nSPS) is 11.8. The Bertz CT molecular complexity index is 329. The van der Waals surface area contributed by atoms with Crippen LogP contribution in [0, 0.1) is 6.57 Å². The predicted octanol–water partition coefficient (Wildman–Crippen LogP) is 1.23. The van der Waals surface area contributed by atoms with Gasteiger partial charge in [-0.3, -0.25) is 0 Å². The lowest BCUT2D eigenvalue weighted by Gasteiger charge is -2.12. The van der Waals surface area contributed by atoms with Crippen molar-refractivity contribution in [1.29, 1.82) is 0 Å². The molecular weight excluding hydrogens is 190 g/mol. The van der Waals surface area contributed by atoms with Crippen LogP contribution in [-0.4, -0.2) is 31.3 Å². The fourth-order valence-corrected chi connectivity index (χ4v) is 1.20. The summed E-state index contributed by atoms with van der Waals surface area (Å²) in [5.41, 5.74) is 1.54. The predicted molar refractivity (Wildman–Crippen MR) is 61.1 cm³/mol. The second kappa shape index (κ2) is 6.02. The molecule has 1 atom stereocenters. The Morgan fingerprint density at radius 1 is 1.33 bits per heavy atom. The molecule has 3 N–H and O–H groups in total. The minimum Gasteiger partial charge on any atom is -0.390 e. The van der Waals surface area contributed by atoms with Gasteiger partial charge in [0.15, 0.2) is 5.69 Å². The molecule has 80 valence electrons. The monoisotopic (exact) mass is 205 g/mol. The lowest BCUT2D eigenvalue weighted by Crippen LogP contribution is -2.30. The molecule has 15 heavy (non-hydrogen) atoms. The fourth-order valence-electron chi connectivity index (χ4n) is 1.20. The highest BCUT2D eigenvalue weighted by Crippen LogP contribution is 2.15. The van der Waals surface area contributed by atoms with Crippen LogP contribution in [0.5, 0.6) is 0 Å². The maximum Gasteiger partial charge on any atom is 0.187 e. The van der Waals surface area contributed by atoms with Gasteiger partial charge < -0.3 is 15.7 Å². The number of nitrogens with one attached hydrogen (secondary N) is 2. The van der Waals surface area contributed by atoms with Crippen molar-refractivity contribution in [2.45, 2.75) is 6.10 Å². The van der Waals surface area contributed by atoms with E-state index in [0.717, 1.165) is 5.69 Å². The van der Waals surface area contributed by atoms with Gasteiger partial charge in [0.25, 0.3) is 0 Å². The van der Waals surface area contributed by atoms with E-state index in [4.69, 9.17) is 6.57 Å². The van der Waals surface area contributed by atoms with Crippen LogP contribution in [0.3, 0.4) is 0 Å². The Morgan fingerprint density at radius 2 is 2.00 bits per heavy atom. The third-order valence-electron chi connectivity index (χ3n) is 1.98. The first kappa shape index (κ1) is 11.5. The maximum absolute atomic E-state index is 9.44. The summed E-state index contributed by atoms with van der Waals surface area (Å²) in [4.78, 5) is 3.30.